The molecule has 2 rings (SSSR count). The molecule has 1 N–H and O–H groups in total. The molecule has 0 spiro atoms. The third-order valence-corrected chi connectivity index (χ3v) is 5.83. The number of nitrogens with one attached hydrogen (secondary N) is 1. The van der Waals surface area contributed by atoms with Crippen LogP contribution in [-0.4, -0.2) is 41.1 Å². The van der Waals surface area contributed by atoms with Gasteiger partial charge in [-0.3, -0.25) is 10.1 Å². The minimum Gasteiger partial charge on any atom is -0.496 e. The van der Waals surface area contributed by atoms with E-state index in [1.54, 1.807) is 6.07 Å². The zero-order valence-corrected chi connectivity index (χ0v) is 13.0. The van der Waals surface area contributed by atoms with E-state index in [0.717, 1.165) is 12.1 Å². The van der Waals surface area contributed by atoms with Crippen molar-refractivity contribution < 1.29 is 9.66 Å². The van der Waals surface area contributed by atoms with E-state index in [0.29, 0.717) is 17.5 Å². The number of rotatable bonds is 6. The van der Waals surface area contributed by atoms with Crippen molar-refractivity contribution in [3.8, 4) is 5.75 Å². The van der Waals surface area contributed by atoms with Gasteiger partial charge in [0.15, 0.2) is 0 Å². The van der Waals surface area contributed by atoms with Crippen molar-refractivity contribution in [1.29, 1.82) is 0 Å². The molecule has 1 heterocycles. The molecule has 1 fully saturated rings. The summed E-state index contributed by atoms with van der Waals surface area (Å²) < 4.78 is 5.10. The van der Waals surface area contributed by atoms with Crippen molar-refractivity contribution in [2.75, 3.05) is 30.9 Å². The van der Waals surface area contributed by atoms with Crippen LogP contribution in [0.1, 0.15) is 5.56 Å². The average Bonchev–Trinajstić information content (AvgIpc) is 2.48. The number of ether oxygens (including phenoxy) is 1. The van der Waals surface area contributed by atoms with Gasteiger partial charge >= 0.3 is 0 Å². The summed E-state index contributed by atoms with van der Waals surface area (Å²) in [6, 6.07) is 4.87. The van der Waals surface area contributed by atoms with E-state index in [-0.39, 0.29) is 10.6 Å². The first-order valence-corrected chi connectivity index (χ1v) is 8.62. The first kappa shape index (κ1) is 15.5. The molecule has 1 aromatic carbocycles. The predicted octanol–water partition coefficient (Wildman–Crippen LogP) is 2.54. The minimum atomic E-state index is -0.389. The maximum absolute atomic E-state index is 10.9. The van der Waals surface area contributed by atoms with Gasteiger partial charge in [-0.2, -0.15) is 23.5 Å². The zero-order chi connectivity index (χ0) is 14.4. The number of thioether (sulfide) groups is 2. The smallest absolute Gasteiger partial charge is 0.273 e. The van der Waals surface area contributed by atoms with Crippen molar-refractivity contribution in [2.45, 2.75) is 11.8 Å². The Hall–Kier alpha value is -0.920. The van der Waals surface area contributed by atoms with Gasteiger partial charge in [-0.05, 0) is 11.6 Å². The minimum absolute atomic E-state index is 0.0729. The highest BCUT2D eigenvalue weighted by molar-refractivity contribution is 8.06. The third-order valence-electron chi connectivity index (χ3n) is 2.98. The van der Waals surface area contributed by atoms with E-state index >= 15 is 0 Å². The number of non-ortho nitro benzene ring substituents is 1. The van der Waals surface area contributed by atoms with E-state index < -0.39 is 0 Å². The number of nitrogens with zero attached hydrogens (tertiary/aromatic N) is 1. The normalized spacial score (nSPS) is 18.8. The van der Waals surface area contributed by atoms with Gasteiger partial charge in [-0.25, -0.2) is 0 Å². The van der Waals surface area contributed by atoms with Crippen molar-refractivity contribution in [2.24, 2.45) is 0 Å². The molecule has 1 aromatic rings. The molecular weight excluding hydrogens is 296 g/mol. The number of hydrogen-bond donors (Lipinski definition) is 1. The van der Waals surface area contributed by atoms with Crippen LogP contribution < -0.4 is 10.1 Å². The van der Waals surface area contributed by atoms with Gasteiger partial charge in [0.25, 0.3) is 5.69 Å². The number of methoxy groups -OCH3 is 1. The fourth-order valence-electron chi connectivity index (χ4n) is 2.00. The summed E-state index contributed by atoms with van der Waals surface area (Å²) in [5.74, 6) is 4.15. The molecule has 1 unspecified atom stereocenters. The topological polar surface area (TPSA) is 64.4 Å². The summed E-state index contributed by atoms with van der Waals surface area (Å²) in [6.45, 7) is 1.56. The second kappa shape index (κ2) is 7.75. The molecule has 1 aliphatic rings. The van der Waals surface area contributed by atoms with Gasteiger partial charge in [-0.15, -0.1) is 0 Å². The first-order chi connectivity index (χ1) is 9.69. The summed E-state index contributed by atoms with van der Waals surface area (Å²) in [6.07, 6.45) is 0. The SMILES string of the molecule is COc1cc(CNCC2CSCCS2)cc([N+](=O)[O-])c1. The van der Waals surface area contributed by atoms with Crippen molar-refractivity contribution in [3.05, 3.63) is 33.9 Å². The highest BCUT2D eigenvalue weighted by Crippen LogP contribution is 2.24. The van der Waals surface area contributed by atoms with Crippen LogP contribution in [0.2, 0.25) is 0 Å². The fraction of sp³-hybridized carbons (Fsp3) is 0.538. The highest BCUT2D eigenvalue weighted by atomic mass is 32.2. The summed E-state index contributed by atoms with van der Waals surface area (Å²) in [5, 5.41) is 14.9. The second-order valence-corrected chi connectivity index (χ2v) is 7.05. The molecule has 1 aliphatic heterocycles. The van der Waals surface area contributed by atoms with Crippen molar-refractivity contribution in [3.63, 3.8) is 0 Å². The van der Waals surface area contributed by atoms with Crippen LogP contribution in [0, 0.1) is 10.1 Å². The monoisotopic (exact) mass is 314 g/mol. The van der Waals surface area contributed by atoms with E-state index in [9.17, 15) is 10.1 Å². The summed E-state index contributed by atoms with van der Waals surface area (Å²) >= 11 is 3.99. The van der Waals surface area contributed by atoms with Gasteiger partial charge in [0, 0.05) is 41.7 Å². The fourth-order valence-corrected chi connectivity index (χ4v) is 4.65. The summed E-state index contributed by atoms with van der Waals surface area (Å²) in [7, 11) is 1.52. The Kier molecular flexibility index (Phi) is 6.00. The largest absolute Gasteiger partial charge is 0.496 e. The Morgan fingerprint density at radius 1 is 1.45 bits per heavy atom. The number of benzene rings is 1. The van der Waals surface area contributed by atoms with Gasteiger partial charge in [0.2, 0.25) is 0 Å². The Bertz CT molecular complexity index is 465. The van der Waals surface area contributed by atoms with Crippen LogP contribution in [0.4, 0.5) is 5.69 Å². The third kappa shape index (κ3) is 4.57. The molecule has 7 heteroatoms. The van der Waals surface area contributed by atoms with Crippen LogP contribution in [-0.2, 0) is 6.54 Å². The molecule has 0 aliphatic carbocycles. The van der Waals surface area contributed by atoms with Gasteiger partial charge in [-0.1, -0.05) is 0 Å². The molecule has 1 atom stereocenters. The predicted molar refractivity (Wildman–Crippen MR) is 84.9 cm³/mol. The summed E-state index contributed by atoms with van der Waals surface area (Å²) in [5.41, 5.74) is 0.952. The molecule has 0 radical (unpaired) electrons. The van der Waals surface area contributed by atoms with Crippen LogP contribution in [0.3, 0.4) is 0 Å². The number of nitro groups is 1. The molecule has 1 saturated heterocycles. The van der Waals surface area contributed by atoms with Gasteiger partial charge in [0.1, 0.15) is 5.75 Å². The van der Waals surface area contributed by atoms with E-state index in [1.165, 1.54) is 30.4 Å². The van der Waals surface area contributed by atoms with E-state index in [2.05, 4.69) is 5.32 Å². The Morgan fingerprint density at radius 2 is 2.30 bits per heavy atom. The lowest BCUT2D eigenvalue weighted by molar-refractivity contribution is -0.385. The molecule has 110 valence electrons. The van der Waals surface area contributed by atoms with Gasteiger partial charge < -0.3 is 10.1 Å². The maximum Gasteiger partial charge on any atom is 0.273 e. The lowest BCUT2D eigenvalue weighted by Crippen LogP contribution is -2.28. The molecule has 5 nitrogen and oxygen atoms in total. The summed E-state index contributed by atoms with van der Waals surface area (Å²) in [4.78, 5) is 10.5. The molecule has 20 heavy (non-hydrogen) atoms. The van der Waals surface area contributed by atoms with Crippen molar-refractivity contribution >= 4 is 29.2 Å². The average molecular weight is 314 g/mol. The van der Waals surface area contributed by atoms with Gasteiger partial charge in [0.05, 0.1) is 18.1 Å². The standard InChI is InChI=1S/C13H18N2O3S2/c1-18-12-5-10(4-11(6-12)15(16)17)7-14-8-13-9-19-2-3-20-13/h4-6,13-14H,2-3,7-9H2,1H3. The van der Waals surface area contributed by atoms with E-state index in [1.807, 2.05) is 29.6 Å². The highest BCUT2D eigenvalue weighted by Gasteiger charge is 2.14. The number of hydrogen-bond acceptors (Lipinski definition) is 6. The molecule has 0 amide bonds. The maximum atomic E-state index is 10.9. The Balaban J connectivity index is 1.91. The molecule has 0 saturated carbocycles. The quantitative estimate of drug-likeness (QED) is 0.643. The lowest BCUT2D eigenvalue weighted by atomic mass is 10.2. The number of nitro benzene ring substituents is 1. The van der Waals surface area contributed by atoms with Crippen LogP contribution in [0.25, 0.3) is 0 Å². The van der Waals surface area contributed by atoms with Crippen molar-refractivity contribution in [1.82, 2.24) is 5.32 Å². The second-order valence-electron chi connectivity index (χ2n) is 4.50. The lowest BCUT2D eigenvalue weighted by Gasteiger charge is -2.21. The molecular formula is C13H18N2O3S2. The van der Waals surface area contributed by atoms with E-state index in [4.69, 9.17) is 4.74 Å². The first-order valence-electron chi connectivity index (χ1n) is 6.41. The molecule has 0 bridgehead atoms. The Labute approximate surface area is 127 Å². The Morgan fingerprint density at radius 3 is 2.95 bits per heavy atom. The van der Waals surface area contributed by atoms with Crippen LogP contribution in [0.5, 0.6) is 5.75 Å². The molecule has 0 aromatic heterocycles. The van der Waals surface area contributed by atoms with Crippen LogP contribution >= 0.6 is 23.5 Å². The van der Waals surface area contributed by atoms with Crippen LogP contribution in [0.15, 0.2) is 18.2 Å². The zero-order valence-electron chi connectivity index (χ0n) is 11.3.